The van der Waals surface area contributed by atoms with E-state index in [1.165, 1.54) is 0 Å². The lowest BCUT2D eigenvalue weighted by molar-refractivity contribution is -0.125. The van der Waals surface area contributed by atoms with Crippen LogP contribution in [0.5, 0.6) is 0 Å². The number of amides is 5. The van der Waals surface area contributed by atoms with Gasteiger partial charge in [0.25, 0.3) is 0 Å². The molecule has 4 rings (SSSR count). The third kappa shape index (κ3) is 18.4. The number of hydrogen-bond acceptors (Lipinski definition) is 7. The summed E-state index contributed by atoms with van der Waals surface area (Å²) in [5, 5.41) is 21.0. The van der Waals surface area contributed by atoms with Gasteiger partial charge < -0.3 is 46.7 Å². The molecular formula is C52H78N8O6. The van der Waals surface area contributed by atoms with Crippen LogP contribution < -0.4 is 31.9 Å². The standard InChI is InChI=1S/C52H78N8O6/c1-33(2)44(53-8)22-27-48(62)56-35(5)18-25-51(65)59-41(30-39-32-55-47-16-12-10-14-43(39)47)21-26-52(66)60-45(34(3)4)23-28-49(63)57-36(6)17-24-50(64)58-40(20-19-37(7)61)29-38-31-54-46-15-11-9-13-42(38)46/h9-16,31-36,40-41,44-45,53-55H,17-30H2,1-8H3,(H,56,62)(H,57,63)(H,58,64)(H,59,65)(H,60,66)/t35-,36-,40+,41+,44+,45+/m0/s1. The molecule has 14 heteroatoms. The van der Waals surface area contributed by atoms with E-state index in [1.807, 2.05) is 95.7 Å². The summed E-state index contributed by atoms with van der Waals surface area (Å²) in [4.78, 5) is 84.0. The molecule has 0 unspecified atom stereocenters. The van der Waals surface area contributed by atoms with Gasteiger partial charge in [-0.15, -0.1) is 0 Å². The van der Waals surface area contributed by atoms with Crippen molar-refractivity contribution in [2.75, 3.05) is 7.05 Å². The Morgan fingerprint density at radius 2 is 0.848 bits per heavy atom. The van der Waals surface area contributed by atoms with Gasteiger partial charge in [-0.1, -0.05) is 64.1 Å². The Labute approximate surface area is 392 Å². The van der Waals surface area contributed by atoms with E-state index in [2.05, 4.69) is 55.7 Å². The van der Waals surface area contributed by atoms with Crippen molar-refractivity contribution in [1.82, 2.24) is 41.9 Å². The maximum Gasteiger partial charge on any atom is 0.220 e. The normalized spacial score (nSPS) is 14.3. The van der Waals surface area contributed by atoms with Gasteiger partial charge in [0.15, 0.2) is 0 Å². The Bertz CT molecular complexity index is 2180. The van der Waals surface area contributed by atoms with Gasteiger partial charge in [0.05, 0.1) is 0 Å². The summed E-state index contributed by atoms with van der Waals surface area (Å²) in [6.45, 7) is 13.6. The third-order valence-electron chi connectivity index (χ3n) is 12.7. The first kappa shape index (κ1) is 53.1. The van der Waals surface area contributed by atoms with Gasteiger partial charge in [0.2, 0.25) is 29.5 Å². The molecule has 0 bridgehead atoms. The number of aromatic nitrogens is 2. The number of para-hydroxylation sites is 2. The van der Waals surface area contributed by atoms with Crippen LogP contribution in [0.3, 0.4) is 0 Å². The minimum Gasteiger partial charge on any atom is -0.361 e. The highest BCUT2D eigenvalue weighted by Crippen LogP contribution is 2.22. The molecule has 66 heavy (non-hydrogen) atoms. The molecule has 362 valence electrons. The number of carbonyl (C=O) groups is 6. The quantitative estimate of drug-likeness (QED) is 0.0273. The number of fused-ring (bicyclic) bond motifs is 2. The molecule has 8 N–H and O–H groups in total. The Balaban J connectivity index is 1.23. The zero-order valence-electron chi connectivity index (χ0n) is 40.7. The molecule has 0 fully saturated rings. The lowest BCUT2D eigenvalue weighted by atomic mass is 9.97. The predicted octanol–water partition coefficient (Wildman–Crippen LogP) is 7.07. The molecule has 2 aromatic carbocycles. The molecule has 0 aliphatic rings. The zero-order chi connectivity index (χ0) is 48.2. The van der Waals surface area contributed by atoms with E-state index in [9.17, 15) is 28.8 Å². The SMILES string of the molecule is CN[C@H](CCC(=O)N[C@@H](C)CCC(=O)N[C@H](CCC(=O)N[C@H](CCC(=O)N[C@@H](C)CCC(=O)N[C@H](CCC(C)=O)Cc1c[nH]c2ccccc12)C(C)C)Cc1c[nH]c2ccccc12)C(C)C. The molecule has 0 saturated heterocycles. The van der Waals surface area contributed by atoms with Crippen LogP contribution in [-0.4, -0.2) is 88.6 Å². The second-order valence-corrected chi connectivity index (χ2v) is 19.1. The third-order valence-corrected chi connectivity index (χ3v) is 12.7. The van der Waals surface area contributed by atoms with Crippen LogP contribution in [-0.2, 0) is 41.6 Å². The summed E-state index contributed by atoms with van der Waals surface area (Å²) < 4.78 is 0. The summed E-state index contributed by atoms with van der Waals surface area (Å²) in [7, 11) is 1.91. The molecule has 0 radical (unpaired) electrons. The van der Waals surface area contributed by atoms with Crippen molar-refractivity contribution in [3.05, 3.63) is 72.1 Å². The predicted molar refractivity (Wildman–Crippen MR) is 264 cm³/mol. The Morgan fingerprint density at radius 1 is 0.470 bits per heavy atom. The fourth-order valence-corrected chi connectivity index (χ4v) is 8.63. The number of carbonyl (C=O) groups excluding carboxylic acids is 6. The summed E-state index contributed by atoms with van der Waals surface area (Å²) in [5.41, 5.74) is 4.16. The van der Waals surface area contributed by atoms with Gasteiger partial charge in [-0.2, -0.15) is 0 Å². The Morgan fingerprint density at radius 3 is 1.29 bits per heavy atom. The first-order chi connectivity index (χ1) is 31.5. The minimum atomic E-state index is -0.306. The highest BCUT2D eigenvalue weighted by Gasteiger charge is 2.23. The first-order valence-electron chi connectivity index (χ1n) is 24.2. The van der Waals surface area contributed by atoms with Crippen molar-refractivity contribution in [3.8, 4) is 0 Å². The number of aromatic amines is 2. The van der Waals surface area contributed by atoms with Crippen LogP contribution in [0.4, 0.5) is 0 Å². The maximum atomic E-state index is 13.5. The van der Waals surface area contributed by atoms with E-state index in [0.717, 1.165) is 39.4 Å². The first-order valence-corrected chi connectivity index (χ1v) is 24.2. The van der Waals surface area contributed by atoms with Crippen molar-refractivity contribution >= 4 is 57.1 Å². The largest absolute Gasteiger partial charge is 0.361 e. The van der Waals surface area contributed by atoms with E-state index < -0.39 is 0 Å². The summed E-state index contributed by atoms with van der Waals surface area (Å²) in [6, 6.07) is 15.1. The van der Waals surface area contributed by atoms with Crippen molar-refractivity contribution in [2.45, 2.75) is 175 Å². The molecule has 0 aliphatic carbocycles. The second kappa shape index (κ2) is 27.2. The number of H-pyrrole nitrogens is 2. The number of rotatable bonds is 30. The van der Waals surface area contributed by atoms with Crippen LogP contribution >= 0.6 is 0 Å². The van der Waals surface area contributed by atoms with E-state index in [1.54, 1.807) is 6.92 Å². The Hall–Kier alpha value is -5.50. The highest BCUT2D eigenvalue weighted by molar-refractivity contribution is 5.85. The molecule has 0 saturated carbocycles. The van der Waals surface area contributed by atoms with Crippen molar-refractivity contribution < 1.29 is 28.8 Å². The fourth-order valence-electron chi connectivity index (χ4n) is 8.63. The maximum absolute atomic E-state index is 13.5. The molecule has 2 aromatic heterocycles. The Kier molecular flexibility index (Phi) is 21.9. The number of hydrogen-bond donors (Lipinski definition) is 8. The average molecular weight is 911 g/mol. The summed E-state index contributed by atoms with van der Waals surface area (Å²) in [6.07, 6.45) is 9.82. The fraction of sp³-hybridized carbons (Fsp3) is 0.577. The minimum absolute atomic E-state index is 0.0231. The van der Waals surface area contributed by atoms with Crippen LogP contribution in [0.25, 0.3) is 21.8 Å². The summed E-state index contributed by atoms with van der Waals surface area (Å²) in [5.74, 6) is 0.00347. The molecule has 0 aliphatic heterocycles. The smallest absolute Gasteiger partial charge is 0.220 e. The number of nitrogens with one attached hydrogen (secondary N) is 8. The lowest BCUT2D eigenvalue weighted by Gasteiger charge is -2.24. The second-order valence-electron chi connectivity index (χ2n) is 19.1. The van der Waals surface area contributed by atoms with E-state index >= 15 is 0 Å². The van der Waals surface area contributed by atoms with Crippen LogP contribution in [0.1, 0.15) is 137 Å². The van der Waals surface area contributed by atoms with Gasteiger partial charge in [-0.25, -0.2) is 0 Å². The van der Waals surface area contributed by atoms with Crippen LogP contribution in [0.2, 0.25) is 0 Å². The van der Waals surface area contributed by atoms with Gasteiger partial charge >= 0.3 is 0 Å². The molecular weight excluding hydrogens is 833 g/mol. The molecule has 14 nitrogen and oxygen atoms in total. The zero-order valence-corrected chi connectivity index (χ0v) is 40.7. The van der Waals surface area contributed by atoms with E-state index in [4.69, 9.17) is 0 Å². The van der Waals surface area contributed by atoms with E-state index in [0.29, 0.717) is 63.7 Å². The van der Waals surface area contributed by atoms with Crippen LogP contribution in [0.15, 0.2) is 60.9 Å². The number of Topliss-reactive ketones (excluding diaryl/α,β-unsaturated/α-hetero) is 1. The van der Waals surface area contributed by atoms with Crippen molar-refractivity contribution in [1.29, 1.82) is 0 Å². The highest BCUT2D eigenvalue weighted by atomic mass is 16.2. The monoisotopic (exact) mass is 911 g/mol. The molecule has 5 amide bonds. The topological polar surface area (TPSA) is 206 Å². The average Bonchev–Trinajstić information content (AvgIpc) is 3.88. The van der Waals surface area contributed by atoms with Gasteiger partial charge in [0.1, 0.15) is 5.78 Å². The van der Waals surface area contributed by atoms with Crippen LogP contribution in [0, 0.1) is 11.8 Å². The molecule has 0 spiro atoms. The molecule has 6 atom stereocenters. The molecule has 2 heterocycles. The number of ketones is 1. The van der Waals surface area contributed by atoms with Gasteiger partial charge in [-0.05, 0) is 114 Å². The number of benzene rings is 2. The van der Waals surface area contributed by atoms with Gasteiger partial charge in [0, 0.05) is 109 Å². The molecule has 4 aromatic rings. The summed E-state index contributed by atoms with van der Waals surface area (Å²) >= 11 is 0. The van der Waals surface area contributed by atoms with Gasteiger partial charge in [-0.3, -0.25) is 24.0 Å². The van der Waals surface area contributed by atoms with Crippen molar-refractivity contribution in [3.63, 3.8) is 0 Å². The van der Waals surface area contributed by atoms with E-state index in [-0.39, 0.29) is 103 Å². The van der Waals surface area contributed by atoms with Crippen molar-refractivity contribution in [2.24, 2.45) is 11.8 Å². The lowest BCUT2D eigenvalue weighted by Crippen LogP contribution is -2.42.